The van der Waals surface area contributed by atoms with E-state index in [1.165, 1.54) is 0 Å². The molecule has 5 nitrogen and oxygen atoms in total. The average molecular weight is 410 g/mol. The molecule has 1 aromatic carbocycles. The van der Waals surface area contributed by atoms with Gasteiger partial charge in [0.15, 0.2) is 0 Å². The summed E-state index contributed by atoms with van der Waals surface area (Å²) in [4.78, 5) is 12.7. The summed E-state index contributed by atoms with van der Waals surface area (Å²) >= 11 is 0. The Morgan fingerprint density at radius 2 is 2.10 bits per heavy atom. The van der Waals surface area contributed by atoms with Gasteiger partial charge in [0.1, 0.15) is 23.1 Å². The number of hydrogen-bond donors (Lipinski definition) is 3. The van der Waals surface area contributed by atoms with Crippen molar-refractivity contribution in [2.75, 3.05) is 6.54 Å². The molecule has 3 N–H and O–H groups in total. The molecule has 6 atom stereocenters. The van der Waals surface area contributed by atoms with Crippen molar-refractivity contribution in [1.29, 1.82) is 0 Å². The zero-order valence-electron chi connectivity index (χ0n) is 17.6. The largest absolute Gasteiger partial charge is 0.508 e. The van der Waals surface area contributed by atoms with Crippen LogP contribution in [0, 0.1) is 29.6 Å². The second-order valence-corrected chi connectivity index (χ2v) is 10.0. The second-order valence-electron chi connectivity index (χ2n) is 10.0. The van der Waals surface area contributed by atoms with E-state index in [9.17, 15) is 15.0 Å². The molecule has 30 heavy (non-hydrogen) atoms. The highest BCUT2D eigenvalue weighted by Gasteiger charge is 2.61. The normalized spacial score (nSPS) is 39.5. The molecule has 0 aromatic heterocycles. The maximum absolute atomic E-state index is 12.7. The summed E-state index contributed by atoms with van der Waals surface area (Å²) in [5.74, 6) is 4.17. The molecular weight excluding hydrogens is 378 g/mol. The topological polar surface area (TPSA) is 78.8 Å². The highest BCUT2D eigenvalue weighted by molar-refractivity contribution is 5.79. The molecule has 3 fully saturated rings. The molecule has 1 heterocycles. The molecular formula is C25H31NO4. The van der Waals surface area contributed by atoms with Gasteiger partial charge in [0, 0.05) is 17.0 Å². The first-order chi connectivity index (χ1) is 14.4. The first kappa shape index (κ1) is 19.9. The van der Waals surface area contributed by atoms with Crippen LogP contribution in [0.25, 0.3) is 0 Å². The number of fused-ring (bicyclic) bond motifs is 5. The van der Waals surface area contributed by atoms with E-state index in [1.807, 2.05) is 6.07 Å². The van der Waals surface area contributed by atoms with E-state index in [0.717, 1.165) is 62.6 Å². The number of phenolic OH excluding ortho intramolecular Hbond substituents is 1. The summed E-state index contributed by atoms with van der Waals surface area (Å²) in [5, 5.41) is 24.6. The van der Waals surface area contributed by atoms with Gasteiger partial charge in [0.05, 0.1) is 0 Å². The molecule has 5 rings (SSSR count). The van der Waals surface area contributed by atoms with Gasteiger partial charge in [-0.2, -0.15) is 0 Å². The summed E-state index contributed by atoms with van der Waals surface area (Å²) in [6.07, 6.45) is 12.8. The third-order valence-corrected chi connectivity index (χ3v) is 8.71. The van der Waals surface area contributed by atoms with E-state index in [1.54, 1.807) is 6.07 Å². The quantitative estimate of drug-likeness (QED) is 0.397. The Morgan fingerprint density at radius 3 is 2.83 bits per heavy atom. The van der Waals surface area contributed by atoms with Crippen molar-refractivity contribution in [2.24, 2.45) is 17.3 Å². The van der Waals surface area contributed by atoms with Gasteiger partial charge < -0.3 is 20.3 Å². The molecule has 1 aromatic rings. The lowest BCUT2D eigenvalue weighted by Gasteiger charge is -2.52. The molecule has 2 saturated carbocycles. The van der Waals surface area contributed by atoms with Gasteiger partial charge >= 0.3 is 5.97 Å². The number of aromatic hydroxyl groups is 1. The Kier molecular flexibility index (Phi) is 4.65. The van der Waals surface area contributed by atoms with Gasteiger partial charge in [0.2, 0.25) is 0 Å². The number of benzene rings is 1. The van der Waals surface area contributed by atoms with Crippen LogP contribution >= 0.6 is 0 Å². The lowest BCUT2D eigenvalue weighted by Crippen LogP contribution is -2.50. The third-order valence-electron chi connectivity index (χ3n) is 8.71. The van der Waals surface area contributed by atoms with E-state index < -0.39 is 5.60 Å². The fraction of sp³-hybridized carbons (Fsp3) is 0.640. The van der Waals surface area contributed by atoms with E-state index in [2.05, 4.69) is 18.2 Å². The van der Waals surface area contributed by atoms with Gasteiger partial charge in [0.25, 0.3) is 0 Å². The summed E-state index contributed by atoms with van der Waals surface area (Å²) in [6.45, 7) is 3.00. The van der Waals surface area contributed by atoms with Gasteiger partial charge in [-0.3, -0.25) is 0 Å². The van der Waals surface area contributed by atoms with Crippen LogP contribution in [-0.2, 0) is 11.2 Å². The van der Waals surface area contributed by atoms with Crippen molar-refractivity contribution < 1.29 is 19.7 Å². The Balaban J connectivity index is 1.49. The summed E-state index contributed by atoms with van der Waals surface area (Å²) in [6, 6.07) is 3.17. The standard InChI is InChI=1S/C25H31NO4/c1-3-25(29)11-9-19-17-7-6-15-13-16(27)14-21(30-23(28)20-5-4-12-26-20)22(15)18(17)8-10-24(19,25)2/h1,13-14,17-20,26-27,29H,4-12H2,2H3/t17-,18+,19+,20+,24?,25+/m1/s1. The highest BCUT2D eigenvalue weighted by Crippen LogP contribution is 2.65. The summed E-state index contributed by atoms with van der Waals surface area (Å²) in [5.41, 5.74) is 0.893. The number of esters is 1. The smallest absolute Gasteiger partial charge is 0.328 e. The Bertz CT molecular complexity index is 914. The number of phenols is 1. The van der Waals surface area contributed by atoms with E-state index in [0.29, 0.717) is 24.0 Å². The monoisotopic (exact) mass is 409 g/mol. The van der Waals surface area contributed by atoms with Crippen LogP contribution in [0.1, 0.15) is 68.9 Å². The summed E-state index contributed by atoms with van der Waals surface area (Å²) < 4.78 is 5.88. The van der Waals surface area contributed by atoms with Crippen molar-refractivity contribution in [1.82, 2.24) is 5.32 Å². The molecule has 0 amide bonds. The molecule has 5 heteroatoms. The zero-order valence-corrected chi connectivity index (χ0v) is 17.6. The number of rotatable bonds is 2. The van der Waals surface area contributed by atoms with Gasteiger partial charge in [-0.25, -0.2) is 4.79 Å². The van der Waals surface area contributed by atoms with Crippen LogP contribution < -0.4 is 10.1 Å². The Morgan fingerprint density at radius 1 is 1.27 bits per heavy atom. The molecule has 1 saturated heterocycles. The predicted octanol–water partition coefficient (Wildman–Crippen LogP) is 3.27. The zero-order chi connectivity index (χ0) is 21.1. The van der Waals surface area contributed by atoms with Crippen molar-refractivity contribution in [2.45, 2.75) is 75.9 Å². The molecule has 0 bridgehead atoms. The van der Waals surface area contributed by atoms with E-state index in [4.69, 9.17) is 11.2 Å². The van der Waals surface area contributed by atoms with Gasteiger partial charge in [-0.05, 0) is 87.3 Å². The molecule has 1 aliphatic heterocycles. The van der Waals surface area contributed by atoms with Crippen LogP contribution in [0.3, 0.4) is 0 Å². The van der Waals surface area contributed by atoms with Gasteiger partial charge in [-0.15, -0.1) is 6.42 Å². The number of terminal acetylenes is 1. The van der Waals surface area contributed by atoms with Crippen molar-refractivity contribution >= 4 is 5.97 Å². The molecule has 3 aliphatic carbocycles. The minimum absolute atomic E-state index is 0.151. The molecule has 0 radical (unpaired) electrons. The van der Waals surface area contributed by atoms with Gasteiger partial charge in [-0.1, -0.05) is 12.8 Å². The highest BCUT2D eigenvalue weighted by atomic mass is 16.5. The van der Waals surface area contributed by atoms with Crippen LogP contribution in [0.2, 0.25) is 0 Å². The molecule has 160 valence electrons. The molecule has 1 unspecified atom stereocenters. The Hall–Kier alpha value is -2.03. The lowest BCUT2D eigenvalue weighted by molar-refractivity contribution is -0.136. The predicted molar refractivity (Wildman–Crippen MR) is 113 cm³/mol. The van der Waals surface area contributed by atoms with Crippen LogP contribution in [-0.4, -0.2) is 34.4 Å². The number of carbonyl (C=O) groups is 1. The van der Waals surface area contributed by atoms with Crippen molar-refractivity contribution in [3.05, 3.63) is 23.3 Å². The fourth-order valence-corrected chi connectivity index (χ4v) is 7.07. The molecule has 4 aliphatic rings. The molecule has 0 spiro atoms. The SMILES string of the molecule is C#C[C@]1(O)CC[C@H]2[C@@H]3CCc4cc(O)cc(OC(=O)[C@@H]5CCCN5)c4[C@H]3CCC21C. The van der Waals surface area contributed by atoms with Crippen molar-refractivity contribution in [3.8, 4) is 23.8 Å². The van der Waals surface area contributed by atoms with E-state index >= 15 is 0 Å². The first-order valence-corrected chi connectivity index (χ1v) is 11.4. The van der Waals surface area contributed by atoms with Crippen LogP contribution in [0.4, 0.5) is 0 Å². The summed E-state index contributed by atoms with van der Waals surface area (Å²) in [7, 11) is 0. The van der Waals surface area contributed by atoms with Crippen LogP contribution in [0.5, 0.6) is 11.5 Å². The Labute approximate surface area is 178 Å². The number of nitrogens with one attached hydrogen (secondary N) is 1. The minimum atomic E-state index is -1.03. The van der Waals surface area contributed by atoms with E-state index in [-0.39, 0.29) is 29.1 Å². The number of carbonyl (C=O) groups excluding carboxylic acids is 1. The fourth-order valence-electron chi connectivity index (χ4n) is 7.07. The average Bonchev–Trinajstić information content (AvgIpc) is 3.35. The maximum Gasteiger partial charge on any atom is 0.328 e. The third kappa shape index (κ3) is 2.81. The van der Waals surface area contributed by atoms with Crippen LogP contribution in [0.15, 0.2) is 12.1 Å². The number of ether oxygens (including phenoxy) is 1. The number of aliphatic hydroxyl groups is 1. The second kappa shape index (κ2) is 7.00. The van der Waals surface area contributed by atoms with Crippen molar-refractivity contribution in [3.63, 3.8) is 0 Å². The first-order valence-electron chi connectivity index (χ1n) is 11.4. The number of aryl methyl sites for hydroxylation is 1. The number of hydrogen-bond acceptors (Lipinski definition) is 5. The lowest BCUT2D eigenvalue weighted by atomic mass is 9.53. The maximum atomic E-state index is 12.7. The minimum Gasteiger partial charge on any atom is -0.508 e.